The number of pyridine rings is 1. The van der Waals surface area contributed by atoms with Crippen molar-refractivity contribution >= 4 is 11.7 Å². The van der Waals surface area contributed by atoms with E-state index in [1.165, 1.54) is 5.56 Å². The lowest BCUT2D eigenvalue weighted by Crippen LogP contribution is -2.55. The van der Waals surface area contributed by atoms with Crippen molar-refractivity contribution in [3.8, 4) is 0 Å². The van der Waals surface area contributed by atoms with Crippen LogP contribution in [-0.4, -0.2) is 36.6 Å². The second-order valence-corrected chi connectivity index (χ2v) is 5.96. The van der Waals surface area contributed by atoms with E-state index in [1.54, 1.807) is 0 Å². The lowest BCUT2D eigenvalue weighted by atomic mass is 10.1. The Hall–Kier alpha value is -1.62. The van der Waals surface area contributed by atoms with Crippen molar-refractivity contribution in [3.63, 3.8) is 0 Å². The summed E-state index contributed by atoms with van der Waals surface area (Å²) in [7, 11) is 0. The summed E-state index contributed by atoms with van der Waals surface area (Å²) >= 11 is 0. The Bertz CT molecular complexity index is 458. The molecule has 2 N–H and O–H groups in total. The van der Waals surface area contributed by atoms with Crippen LogP contribution in [0.4, 0.5) is 5.82 Å². The fourth-order valence-corrected chi connectivity index (χ4v) is 2.59. The zero-order valence-electron chi connectivity index (χ0n) is 13.2. The molecule has 5 heteroatoms. The number of amides is 1. The van der Waals surface area contributed by atoms with Crippen molar-refractivity contribution in [2.24, 2.45) is 5.92 Å². The molecule has 0 saturated carbocycles. The predicted octanol–water partition coefficient (Wildman–Crippen LogP) is 1.54. The van der Waals surface area contributed by atoms with E-state index in [1.807, 2.05) is 19.2 Å². The normalized spacial score (nSPS) is 19.0. The highest BCUT2D eigenvalue weighted by Gasteiger charge is 2.28. The second kappa shape index (κ2) is 7.41. The van der Waals surface area contributed by atoms with Gasteiger partial charge in [-0.2, -0.15) is 0 Å². The first kappa shape index (κ1) is 15.8. The van der Waals surface area contributed by atoms with Crippen molar-refractivity contribution in [1.29, 1.82) is 0 Å². The SMILES string of the molecule is CCC1C(=O)NCCN1c1ccc(CNCC(C)C)cn1. The van der Waals surface area contributed by atoms with Crippen LogP contribution in [0.3, 0.4) is 0 Å². The van der Waals surface area contributed by atoms with Gasteiger partial charge in [0, 0.05) is 25.8 Å². The summed E-state index contributed by atoms with van der Waals surface area (Å²) in [6.45, 7) is 9.78. The molecule has 0 aliphatic carbocycles. The van der Waals surface area contributed by atoms with Crippen LogP contribution in [0.25, 0.3) is 0 Å². The van der Waals surface area contributed by atoms with Crippen molar-refractivity contribution < 1.29 is 4.79 Å². The van der Waals surface area contributed by atoms with E-state index in [0.717, 1.165) is 31.9 Å². The predicted molar refractivity (Wildman–Crippen MR) is 85.2 cm³/mol. The molecule has 0 spiro atoms. The number of hydrogen-bond donors (Lipinski definition) is 2. The molecule has 1 atom stereocenters. The number of carbonyl (C=O) groups excluding carboxylic acids is 1. The number of rotatable bonds is 6. The fourth-order valence-electron chi connectivity index (χ4n) is 2.59. The Morgan fingerprint density at radius 2 is 2.29 bits per heavy atom. The van der Waals surface area contributed by atoms with E-state index in [4.69, 9.17) is 0 Å². The maximum atomic E-state index is 11.9. The van der Waals surface area contributed by atoms with Crippen LogP contribution in [0.2, 0.25) is 0 Å². The van der Waals surface area contributed by atoms with Gasteiger partial charge in [-0.15, -0.1) is 0 Å². The van der Waals surface area contributed by atoms with Crippen LogP contribution in [0.1, 0.15) is 32.8 Å². The smallest absolute Gasteiger partial charge is 0.242 e. The Kier molecular flexibility index (Phi) is 5.56. The van der Waals surface area contributed by atoms with Gasteiger partial charge < -0.3 is 15.5 Å². The summed E-state index contributed by atoms with van der Waals surface area (Å²) in [5.74, 6) is 1.65. The number of carbonyl (C=O) groups is 1. The zero-order valence-corrected chi connectivity index (χ0v) is 13.2. The standard InChI is InChI=1S/C16H26N4O/c1-4-14-16(21)18-7-8-20(14)15-6-5-13(11-19-15)10-17-9-12(2)3/h5-6,11-12,14,17H,4,7-10H2,1-3H3,(H,18,21). The molecule has 0 aromatic carbocycles. The van der Waals surface area contributed by atoms with Crippen molar-refractivity contribution in [2.45, 2.75) is 39.8 Å². The third-order valence-electron chi connectivity index (χ3n) is 3.70. The molecule has 1 unspecified atom stereocenters. The minimum absolute atomic E-state index is 0.101. The molecule has 1 aliphatic rings. The Labute approximate surface area is 127 Å². The zero-order chi connectivity index (χ0) is 15.2. The second-order valence-electron chi connectivity index (χ2n) is 5.96. The van der Waals surface area contributed by atoms with Crippen LogP contribution in [0.15, 0.2) is 18.3 Å². The molecule has 0 bridgehead atoms. The number of anilines is 1. The molecule has 2 heterocycles. The first-order valence-corrected chi connectivity index (χ1v) is 7.81. The third-order valence-corrected chi connectivity index (χ3v) is 3.70. The van der Waals surface area contributed by atoms with Crippen molar-refractivity contribution in [2.75, 3.05) is 24.5 Å². The van der Waals surface area contributed by atoms with Gasteiger partial charge in [0.2, 0.25) is 5.91 Å². The summed E-state index contributed by atoms with van der Waals surface area (Å²) in [6.07, 6.45) is 2.70. The first-order chi connectivity index (χ1) is 10.1. The molecule has 2 rings (SSSR count). The van der Waals surface area contributed by atoms with E-state index in [0.29, 0.717) is 12.5 Å². The van der Waals surface area contributed by atoms with Crippen molar-refractivity contribution in [3.05, 3.63) is 23.9 Å². The summed E-state index contributed by atoms with van der Waals surface area (Å²) in [5.41, 5.74) is 1.17. The van der Waals surface area contributed by atoms with Crippen LogP contribution in [0, 0.1) is 5.92 Å². The molecule has 21 heavy (non-hydrogen) atoms. The van der Waals surface area contributed by atoms with Crippen LogP contribution in [0.5, 0.6) is 0 Å². The third kappa shape index (κ3) is 4.17. The number of hydrogen-bond acceptors (Lipinski definition) is 4. The van der Waals surface area contributed by atoms with E-state index in [-0.39, 0.29) is 11.9 Å². The van der Waals surface area contributed by atoms with E-state index >= 15 is 0 Å². The van der Waals surface area contributed by atoms with Gasteiger partial charge in [0.15, 0.2) is 0 Å². The van der Waals surface area contributed by atoms with Gasteiger partial charge in [-0.25, -0.2) is 4.98 Å². The summed E-state index contributed by atoms with van der Waals surface area (Å²) in [6, 6.07) is 4.01. The lowest BCUT2D eigenvalue weighted by molar-refractivity contribution is -0.123. The first-order valence-electron chi connectivity index (χ1n) is 7.81. The molecule has 1 fully saturated rings. The van der Waals surface area contributed by atoms with Crippen LogP contribution < -0.4 is 15.5 Å². The average molecular weight is 290 g/mol. The van der Waals surface area contributed by atoms with Crippen molar-refractivity contribution in [1.82, 2.24) is 15.6 Å². The van der Waals surface area contributed by atoms with Crippen LogP contribution >= 0.6 is 0 Å². The summed E-state index contributed by atoms with van der Waals surface area (Å²) in [5, 5.41) is 6.32. The topological polar surface area (TPSA) is 57.3 Å². The summed E-state index contributed by atoms with van der Waals surface area (Å²) in [4.78, 5) is 18.5. The minimum atomic E-state index is -0.101. The largest absolute Gasteiger partial charge is 0.353 e. The average Bonchev–Trinajstić information content (AvgIpc) is 2.47. The van der Waals surface area contributed by atoms with E-state index in [2.05, 4.69) is 40.4 Å². The molecule has 1 aromatic rings. The van der Waals surface area contributed by atoms with E-state index < -0.39 is 0 Å². The Morgan fingerprint density at radius 3 is 2.90 bits per heavy atom. The van der Waals surface area contributed by atoms with Gasteiger partial charge in [0.05, 0.1) is 0 Å². The van der Waals surface area contributed by atoms with Gasteiger partial charge in [-0.05, 0) is 30.5 Å². The molecular formula is C16H26N4O. The van der Waals surface area contributed by atoms with Gasteiger partial charge in [-0.3, -0.25) is 4.79 Å². The molecule has 1 amide bonds. The highest BCUT2D eigenvalue weighted by atomic mass is 16.2. The molecule has 116 valence electrons. The Morgan fingerprint density at radius 1 is 1.48 bits per heavy atom. The maximum Gasteiger partial charge on any atom is 0.242 e. The lowest BCUT2D eigenvalue weighted by Gasteiger charge is -2.35. The fraction of sp³-hybridized carbons (Fsp3) is 0.625. The quantitative estimate of drug-likeness (QED) is 0.834. The van der Waals surface area contributed by atoms with Gasteiger partial charge in [0.1, 0.15) is 11.9 Å². The maximum absolute atomic E-state index is 11.9. The number of aromatic nitrogens is 1. The highest BCUT2D eigenvalue weighted by molar-refractivity contribution is 5.86. The van der Waals surface area contributed by atoms with Crippen LogP contribution in [-0.2, 0) is 11.3 Å². The monoisotopic (exact) mass is 290 g/mol. The minimum Gasteiger partial charge on any atom is -0.353 e. The van der Waals surface area contributed by atoms with E-state index in [9.17, 15) is 4.79 Å². The van der Waals surface area contributed by atoms with Gasteiger partial charge in [0.25, 0.3) is 0 Å². The van der Waals surface area contributed by atoms with Gasteiger partial charge >= 0.3 is 0 Å². The number of piperazine rings is 1. The molecule has 0 radical (unpaired) electrons. The molecule has 1 aromatic heterocycles. The van der Waals surface area contributed by atoms with Gasteiger partial charge in [-0.1, -0.05) is 26.8 Å². The molecule has 1 saturated heterocycles. The molecular weight excluding hydrogens is 264 g/mol. The number of nitrogens with zero attached hydrogens (tertiary/aromatic N) is 2. The molecule has 5 nitrogen and oxygen atoms in total. The Balaban J connectivity index is 1.99. The number of nitrogens with one attached hydrogen (secondary N) is 2. The highest BCUT2D eigenvalue weighted by Crippen LogP contribution is 2.18. The molecule has 1 aliphatic heterocycles. The summed E-state index contributed by atoms with van der Waals surface area (Å²) < 4.78 is 0.